The van der Waals surface area contributed by atoms with Gasteiger partial charge in [0.1, 0.15) is 0 Å². The number of rotatable bonds is 28. The van der Waals surface area contributed by atoms with Gasteiger partial charge < -0.3 is 4.74 Å². The van der Waals surface area contributed by atoms with E-state index in [2.05, 4.69) is 6.92 Å². The van der Waals surface area contributed by atoms with Gasteiger partial charge >= 0.3 is 5.97 Å². The van der Waals surface area contributed by atoms with E-state index in [-0.39, 0.29) is 11.9 Å². The van der Waals surface area contributed by atoms with Crippen molar-refractivity contribution in [2.45, 2.75) is 188 Å². The Balaban J connectivity index is 3.05. The normalized spacial score (nSPS) is 11.4. The highest BCUT2D eigenvalue weighted by Crippen LogP contribution is 2.16. The minimum atomic E-state index is -0.0559. The molecular weight excluding hydrogens is 416 g/mol. The van der Waals surface area contributed by atoms with Crippen molar-refractivity contribution in [1.82, 2.24) is 0 Å². The summed E-state index contributed by atoms with van der Waals surface area (Å²) >= 11 is 0. The van der Waals surface area contributed by atoms with Crippen molar-refractivity contribution in [3.63, 3.8) is 0 Å². The smallest absolute Gasteiger partial charge is 0.308 e. The Bertz CT molecular complexity index is 390. The van der Waals surface area contributed by atoms with Crippen molar-refractivity contribution in [3.8, 4) is 0 Å². The van der Waals surface area contributed by atoms with Crippen LogP contribution in [0.2, 0.25) is 0 Å². The monoisotopic (exact) mass is 480 g/mol. The molecule has 34 heavy (non-hydrogen) atoms. The molecule has 0 aliphatic heterocycles. The van der Waals surface area contributed by atoms with Crippen molar-refractivity contribution >= 4 is 5.97 Å². The summed E-state index contributed by atoms with van der Waals surface area (Å²) in [6, 6.07) is 0. The maximum absolute atomic E-state index is 11.4. The average molecular weight is 481 g/mol. The third-order valence-electron chi connectivity index (χ3n) is 7.21. The zero-order valence-electron chi connectivity index (χ0n) is 24.0. The van der Waals surface area contributed by atoms with E-state index < -0.39 is 0 Å². The molecule has 0 aliphatic rings. The van der Waals surface area contributed by atoms with Crippen LogP contribution in [0.1, 0.15) is 188 Å². The SMILES string of the molecule is CCCCCCCCCCCCCCCCCCCCCCCCCCCCOC(=O)C(C)C. The van der Waals surface area contributed by atoms with E-state index in [0.29, 0.717) is 6.61 Å². The van der Waals surface area contributed by atoms with Gasteiger partial charge in [0, 0.05) is 0 Å². The van der Waals surface area contributed by atoms with Crippen LogP contribution in [0.15, 0.2) is 0 Å². The number of esters is 1. The van der Waals surface area contributed by atoms with Crippen LogP contribution in [0.25, 0.3) is 0 Å². The van der Waals surface area contributed by atoms with Crippen molar-refractivity contribution in [2.75, 3.05) is 6.61 Å². The van der Waals surface area contributed by atoms with Gasteiger partial charge in [0.05, 0.1) is 12.5 Å². The standard InChI is InChI=1S/C32H64O2/c1-4-5-6-7-8-9-10-11-12-13-14-15-16-17-18-19-20-21-22-23-24-25-26-27-28-29-30-34-32(33)31(2)3/h31H,4-30H2,1-3H3. The fraction of sp³-hybridized carbons (Fsp3) is 0.969. The van der Waals surface area contributed by atoms with E-state index in [0.717, 1.165) is 6.42 Å². The fourth-order valence-corrected chi connectivity index (χ4v) is 4.76. The maximum Gasteiger partial charge on any atom is 0.308 e. The van der Waals surface area contributed by atoms with E-state index >= 15 is 0 Å². The first-order chi connectivity index (χ1) is 16.7. The molecule has 0 heterocycles. The van der Waals surface area contributed by atoms with Gasteiger partial charge in [-0.05, 0) is 6.42 Å². The Kier molecular flexibility index (Phi) is 28.3. The second kappa shape index (κ2) is 28.7. The molecule has 2 nitrogen and oxygen atoms in total. The summed E-state index contributed by atoms with van der Waals surface area (Å²) < 4.78 is 5.22. The van der Waals surface area contributed by atoms with Crippen LogP contribution in [0.3, 0.4) is 0 Å². The molecule has 0 saturated carbocycles. The summed E-state index contributed by atoms with van der Waals surface area (Å²) in [5, 5.41) is 0. The lowest BCUT2D eigenvalue weighted by atomic mass is 10.0. The Morgan fingerprint density at radius 2 is 0.676 bits per heavy atom. The summed E-state index contributed by atoms with van der Waals surface area (Å²) in [6.07, 6.45) is 36.8. The molecule has 2 heteroatoms. The molecule has 0 aliphatic carbocycles. The van der Waals surface area contributed by atoms with Gasteiger partial charge in [-0.2, -0.15) is 0 Å². The molecule has 0 aromatic heterocycles. The number of ether oxygens (including phenoxy) is 1. The minimum Gasteiger partial charge on any atom is -0.465 e. The van der Waals surface area contributed by atoms with Crippen LogP contribution >= 0.6 is 0 Å². The lowest BCUT2D eigenvalue weighted by Gasteiger charge is -2.07. The van der Waals surface area contributed by atoms with Crippen LogP contribution in [-0.2, 0) is 9.53 Å². The first-order valence-corrected chi connectivity index (χ1v) is 15.8. The van der Waals surface area contributed by atoms with E-state index in [1.165, 1.54) is 161 Å². The van der Waals surface area contributed by atoms with Crippen LogP contribution in [-0.4, -0.2) is 12.6 Å². The van der Waals surface area contributed by atoms with Crippen molar-refractivity contribution in [3.05, 3.63) is 0 Å². The molecule has 0 unspecified atom stereocenters. The van der Waals surface area contributed by atoms with Gasteiger partial charge in [-0.3, -0.25) is 4.79 Å². The first-order valence-electron chi connectivity index (χ1n) is 15.8. The number of carbonyl (C=O) groups excluding carboxylic acids is 1. The largest absolute Gasteiger partial charge is 0.465 e. The zero-order chi connectivity index (χ0) is 25.0. The maximum atomic E-state index is 11.4. The van der Waals surface area contributed by atoms with Gasteiger partial charge in [0.25, 0.3) is 0 Å². The minimum absolute atomic E-state index is 0.00376. The third kappa shape index (κ3) is 27.7. The predicted octanol–water partition coefficient (Wildman–Crippen LogP) is 11.3. The topological polar surface area (TPSA) is 26.3 Å². The number of carbonyl (C=O) groups is 1. The second-order valence-corrected chi connectivity index (χ2v) is 11.2. The van der Waals surface area contributed by atoms with Gasteiger partial charge in [-0.1, -0.05) is 181 Å². The highest BCUT2D eigenvalue weighted by Gasteiger charge is 2.06. The van der Waals surface area contributed by atoms with Crippen LogP contribution < -0.4 is 0 Å². The summed E-state index contributed by atoms with van der Waals surface area (Å²) in [7, 11) is 0. The van der Waals surface area contributed by atoms with Crippen molar-refractivity contribution in [1.29, 1.82) is 0 Å². The molecule has 0 atom stereocenters. The molecule has 0 rings (SSSR count). The van der Waals surface area contributed by atoms with Gasteiger partial charge in [-0.25, -0.2) is 0 Å². The first kappa shape index (κ1) is 33.5. The highest BCUT2D eigenvalue weighted by molar-refractivity contribution is 5.71. The quantitative estimate of drug-likeness (QED) is 0.0821. The van der Waals surface area contributed by atoms with E-state index in [9.17, 15) is 4.79 Å². The van der Waals surface area contributed by atoms with Crippen LogP contribution in [0, 0.1) is 5.92 Å². The van der Waals surface area contributed by atoms with Crippen LogP contribution in [0.5, 0.6) is 0 Å². The highest BCUT2D eigenvalue weighted by atomic mass is 16.5. The summed E-state index contributed by atoms with van der Waals surface area (Å²) in [5.41, 5.74) is 0. The Morgan fingerprint density at radius 3 is 0.912 bits per heavy atom. The van der Waals surface area contributed by atoms with Gasteiger partial charge in [0.2, 0.25) is 0 Å². The average Bonchev–Trinajstić information content (AvgIpc) is 2.83. The fourth-order valence-electron chi connectivity index (χ4n) is 4.76. The molecule has 0 amide bonds. The predicted molar refractivity (Wildman–Crippen MR) is 152 cm³/mol. The molecule has 0 aromatic rings. The summed E-state index contributed by atoms with van der Waals surface area (Å²) in [5.74, 6) is -0.0522. The summed E-state index contributed by atoms with van der Waals surface area (Å²) in [4.78, 5) is 11.4. The Hall–Kier alpha value is -0.530. The van der Waals surface area contributed by atoms with Gasteiger partial charge in [0.15, 0.2) is 0 Å². The third-order valence-corrected chi connectivity index (χ3v) is 7.21. The van der Waals surface area contributed by atoms with Crippen LogP contribution in [0.4, 0.5) is 0 Å². The number of unbranched alkanes of at least 4 members (excludes halogenated alkanes) is 25. The summed E-state index contributed by atoms with van der Waals surface area (Å²) in [6.45, 7) is 6.69. The lowest BCUT2D eigenvalue weighted by Crippen LogP contribution is -2.12. The number of hydrogen-bond acceptors (Lipinski definition) is 2. The Labute approximate surface area is 215 Å². The lowest BCUT2D eigenvalue weighted by molar-refractivity contribution is -0.147. The van der Waals surface area contributed by atoms with E-state index in [1.807, 2.05) is 13.8 Å². The molecule has 0 N–H and O–H groups in total. The second-order valence-electron chi connectivity index (χ2n) is 11.2. The van der Waals surface area contributed by atoms with Gasteiger partial charge in [-0.15, -0.1) is 0 Å². The molecule has 0 saturated heterocycles. The van der Waals surface area contributed by atoms with E-state index in [1.54, 1.807) is 0 Å². The number of hydrogen-bond donors (Lipinski definition) is 0. The Morgan fingerprint density at radius 1 is 0.441 bits per heavy atom. The molecule has 0 bridgehead atoms. The van der Waals surface area contributed by atoms with Crippen molar-refractivity contribution < 1.29 is 9.53 Å². The molecule has 0 fully saturated rings. The molecule has 0 radical (unpaired) electrons. The molecule has 204 valence electrons. The molecular formula is C32H64O2. The molecule has 0 aromatic carbocycles. The molecule has 0 spiro atoms. The zero-order valence-corrected chi connectivity index (χ0v) is 24.0. The van der Waals surface area contributed by atoms with Crippen molar-refractivity contribution in [2.24, 2.45) is 5.92 Å². The van der Waals surface area contributed by atoms with E-state index in [4.69, 9.17) is 4.74 Å².